The molecule has 0 aromatic carbocycles. The molecule has 6 rings (SSSR count). The summed E-state index contributed by atoms with van der Waals surface area (Å²) in [5, 5.41) is 13.6. The molecule has 4 amide bonds. The van der Waals surface area contributed by atoms with Crippen molar-refractivity contribution >= 4 is 46.7 Å². The Hall–Kier alpha value is -4.92. The van der Waals surface area contributed by atoms with Crippen LogP contribution in [0.5, 0.6) is 0 Å². The molecule has 2 aliphatic heterocycles. The average molecular weight is 785 g/mol. The number of imidazole rings is 2. The first-order chi connectivity index (χ1) is 25.9. The number of carbonyl (C=O) groups is 4. The fraction of sp³-hybridized carbons (Fsp3) is 0.529. The Labute approximate surface area is 319 Å². The lowest BCUT2D eigenvalue weighted by molar-refractivity contribution is -0.141. The molecule has 54 heavy (non-hydrogen) atoms. The molecular weight excluding hydrogens is 741 g/mol. The van der Waals surface area contributed by atoms with Gasteiger partial charge in [-0.25, -0.2) is 29.5 Å². The van der Waals surface area contributed by atoms with Crippen molar-refractivity contribution in [3.8, 4) is 31.2 Å². The number of nitrogens with zero attached hydrogens (tertiary/aromatic N) is 7. The van der Waals surface area contributed by atoms with Gasteiger partial charge in [0.15, 0.2) is 10.0 Å². The van der Waals surface area contributed by atoms with E-state index in [4.69, 9.17) is 24.2 Å². The number of amides is 4. The summed E-state index contributed by atoms with van der Waals surface area (Å²) in [6, 6.07) is -2.56. The zero-order valence-electron chi connectivity index (χ0n) is 30.8. The minimum atomic E-state index is -1.21. The van der Waals surface area contributed by atoms with Crippen LogP contribution in [-0.2, 0) is 23.8 Å². The summed E-state index contributed by atoms with van der Waals surface area (Å²) in [6.45, 7) is 4.39. The number of likely N-dealkylation sites (tertiary alicyclic amines) is 2. The van der Waals surface area contributed by atoms with Crippen LogP contribution in [0.25, 0.3) is 31.2 Å². The maximum absolute atomic E-state index is 13.7. The number of nitrogens with one attached hydrogen (secondary N) is 3. The lowest BCUT2D eigenvalue weighted by Gasteiger charge is -2.34. The predicted octanol–water partition coefficient (Wildman–Crippen LogP) is 4.15. The molecule has 4 aromatic heterocycles. The predicted molar refractivity (Wildman–Crippen MR) is 198 cm³/mol. The van der Waals surface area contributed by atoms with Crippen LogP contribution >= 0.6 is 22.7 Å². The number of carbonyl (C=O) groups excluding carboxylic acids is 3. The molecule has 4 N–H and O–H groups in total. The second-order valence-electron chi connectivity index (χ2n) is 13.1. The third-order valence-corrected chi connectivity index (χ3v) is 12.1. The van der Waals surface area contributed by atoms with E-state index in [1.165, 1.54) is 51.1 Å². The van der Waals surface area contributed by atoms with Gasteiger partial charge in [-0.15, -0.1) is 22.7 Å². The second-order valence-corrected chi connectivity index (χ2v) is 15.2. The van der Waals surface area contributed by atoms with Gasteiger partial charge < -0.3 is 44.4 Å². The Balaban J connectivity index is 1.14. The number of likely N-dealkylation sites (N-methyl/N-ethyl adjacent to an activating group) is 1. The first-order valence-corrected chi connectivity index (χ1v) is 19.1. The van der Waals surface area contributed by atoms with E-state index in [2.05, 4.69) is 25.3 Å². The Morgan fingerprint density at radius 3 is 1.81 bits per heavy atom. The van der Waals surface area contributed by atoms with Crippen molar-refractivity contribution in [2.75, 3.05) is 41.5 Å². The average Bonchev–Trinajstić information content (AvgIpc) is 4.02. The Morgan fingerprint density at radius 1 is 0.852 bits per heavy atom. The maximum atomic E-state index is 13.7. The first-order valence-electron chi connectivity index (χ1n) is 17.5. The molecule has 20 heteroatoms. The van der Waals surface area contributed by atoms with Crippen molar-refractivity contribution < 1.29 is 38.5 Å². The van der Waals surface area contributed by atoms with Gasteiger partial charge in [0.1, 0.15) is 35.1 Å². The van der Waals surface area contributed by atoms with Crippen LogP contribution < -0.4 is 5.32 Å². The van der Waals surface area contributed by atoms with Crippen LogP contribution in [0.4, 0.5) is 9.59 Å². The lowest BCUT2D eigenvalue weighted by Crippen LogP contribution is -2.54. The van der Waals surface area contributed by atoms with Crippen molar-refractivity contribution in [3.63, 3.8) is 0 Å². The van der Waals surface area contributed by atoms with E-state index in [1.807, 2.05) is 0 Å². The van der Waals surface area contributed by atoms with Crippen LogP contribution in [0.3, 0.4) is 0 Å². The highest BCUT2D eigenvalue weighted by Gasteiger charge is 2.41. The van der Waals surface area contributed by atoms with Gasteiger partial charge in [-0.2, -0.15) is 0 Å². The normalized spacial score (nSPS) is 19.4. The summed E-state index contributed by atoms with van der Waals surface area (Å²) in [7, 11) is 5.55. The molecule has 0 saturated carbocycles. The number of aromatic nitrogens is 6. The third kappa shape index (κ3) is 7.82. The van der Waals surface area contributed by atoms with E-state index >= 15 is 0 Å². The van der Waals surface area contributed by atoms with Gasteiger partial charge in [0.2, 0.25) is 11.8 Å². The smallest absolute Gasteiger partial charge is 0.407 e. The molecule has 0 bridgehead atoms. The maximum Gasteiger partial charge on any atom is 0.407 e. The first kappa shape index (κ1) is 38.8. The van der Waals surface area contributed by atoms with E-state index in [-0.39, 0.29) is 23.9 Å². The number of carboxylic acid groups (broad SMARTS) is 1. The molecule has 6 heterocycles. The molecule has 18 nitrogen and oxygen atoms in total. The molecule has 0 radical (unpaired) electrons. The Morgan fingerprint density at radius 2 is 1.35 bits per heavy atom. The number of rotatable bonds is 13. The fourth-order valence-electron chi connectivity index (χ4n) is 6.86. The van der Waals surface area contributed by atoms with Crippen molar-refractivity contribution in [2.45, 2.75) is 75.9 Å². The number of aromatic amines is 2. The van der Waals surface area contributed by atoms with Gasteiger partial charge in [-0.05, 0) is 39.5 Å². The summed E-state index contributed by atoms with van der Waals surface area (Å²) < 4.78 is 15.5. The quantitative estimate of drug-likeness (QED) is 0.150. The summed E-state index contributed by atoms with van der Waals surface area (Å²) in [6.07, 6.45) is 6.85. The minimum Gasteiger partial charge on any atom is -0.465 e. The summed E-state index contributed by atoms with van der Waals surface area (Å²) in [4.78, 5) is 82.4. The van der Waals surface area contributed by atoms with E-state index in [1.54, 1.807) is 48.4 Å². The van der Waals surface area contributed by atoms with Crippen molar-refractivity contribution in [2.24, 2.45) is 0 Å². The molecule has 2 fully saturated rings. The van der Waals surface area contributed by atoms with E-state index in [0.29, 0.717) is 59.0 Å². The van der Waals surface area contributed by atoms with Crippen LogP contribution in [-0.4, -0.2) is 139 Å². The minimum absolute atomic E-state index is 0.276. The monoisotopic (exact) mass is 784 g/mol. The van der Waals surface area contributed by atoms with Gasteiger partial charge >= 0.3 is 12.2 Å². The molecule has 0 aliphatic carbocycles. The molecule has 290 valence electrons. The van der Waals surface area contributed by atoms with Gasteiger partial charge in [0.05, 0.1) is 41.2 Å². The number of ether oxygens (including phenoxy) is 3. The van der Waals surface area contributed by atoms with Crippen LogP contribution in [0.2, 0.25) is 0 Å². The van der Waals surface area contributed by atoms with Crippen LogP contribution in [0.1, 0.15) is 63.3 Å². The number of hydrogen-bond donors (Lipinski definition) is 4. The fourth-order valence-corrected chi connectivity index (χ4v) is 8.65. The highest BCUT2D eigenvalue weighted by Crippen LogP contribution is 2.39. The van der Waals surface area contributed by atoms with Crippen molar-refractivity contribution in [1.82, 2.24) is 49.9 Å². The van der Waals surface area contributed by atoms with E-state index < -0.39 is 36.5 Å². The highest BCUT2D eigenvalue weighted by atomic mass is 32.1. The van der Waals surface area contributed by atoms with Gasteiger partial charge in [0, 0.05) is 59.1 Å². The standard InChI is InChI=1S/C34H44N10O8S2/c1-17(50-4)25(41-33(47)52-6)31(45)43-11-7-9-21(43)27-35-13-19(39-27)23-15-37-29(53-23)30-38-16-24(54-30)20-14-36-28(40-20)22-10-8-12-44(22)32(46)26(18(2)51-5)42(3)34(48)49/h13-18,21-22,25-26H,7-12H2,1-6H3,(H,35,39)(H,36,40)(H,41,47)(H,48,49)/t17?,18-,21+,22+,25+,26+/m1/s1. The summed E-state index contributed by atoms with van der Waals surface area (Å²) >= 11 is 2.87. The topological polar surface area (TPSA) is 221 Å². The van der Waals surface area contributed by atoms with Gasteiger partial charge in [0.25, 0.3) is 0 Å². The van der Waals surface area contributed by atoms with Crippen LogP contribution in [0.15, 0.2) is 24.8 Å². The number of H-pyrrole nitrogens is 2. The largest absolute Gasteiger partial charge is 0.465 e. The number of thiazole rings is 2. The molecule has 0 spiro atoms. The summed E-state index contributed by atoms with van der Waals surface area (Å²) in [5.41, 5.74) is 1.36. The van der Waals surface area contributed by atoms with E-state index in [9.17, 15) is 24.3 Å². The number of methoxy groups -OCH3 is 3. The zero-order valence-corrected chi connectivity index (χ0v) is 32.4. The molecule has 2 saturated heterocycles. The lowest BCUT2D eigenvalue weighted by atomic mass is 10.1. The van der Waals surface area contributed by atoms with E-state index in [0.717, 1.165) is 27.5 Å². The molecular formula is C34H44N10O8S2. The molecule has 2 aliphatic rings. The summed E-state index contributed by atoms with van der Waals surface area (Å²) in [5.74, 6) is 0.649. The molecule has 6 atom stereocenters. The van der Waals surface area contributed by atoms with Crippen LogP contribution in [0, 0.1) is 0 Å². The molecule has 4 aromatic rings. The molecule has 1 unspecified atom stereocenters. The van der Waals surface area contributed by atoms with Crippen molar-refractivity contribution in [3.05, 3.63) is 36.4 Å². The highest BCUT2D eigenvalue weighted by molar-refractivity contribution is 7.24. The number of alkyl carbamates (subject to hydrolysis) is 1. The third-order valence-electron chi connectivity index (χ3n) is 9.95. The zero-order chi connectivity index (χ0) is 38.7. The Kier molecular flexibility index (Phi) is 11.9. The van der Waals surface area contributed by atoms with Crippen molar-refractivity contribution in [1.29, 1.82) is 0 Å². The van der Waals surface area contributed by atoms with Gasteiger partial charge in [-0.1, -0.05) is 0 Å². The Bertz CT molecular complexity index is 1960. The van der Waals surface area contributed by atoms with Gasteiger partial charge in [-0.3, -0.25) is 14.5 Å². The SMILES string of the molecule is COC(=O)N[C@H](C(=O)N1CCC[C@H]1c1nc(-c2cnc(-c3ncc(-c4c[nH]c([C@@H]5CCCN5C(=O)[C@H]([C@@H](C)OC)N(C)C(=O)O)n4)s3)s2)c[nH]1)C(C)OC. The second kappa shape index (κ2) is 16.6. The number of hydrogen-bond acceptors (Lipinski definition) is 13.